The number of aliphatic carboxylic acids is 1. The standard InChI is InChI=1S/C15H16BrN3O4/c1-15(2,3)9-5-17-8-4-7(16)13(22)11(12(8)19-9)14(23)18-6-10(20)21/h4-5,22H,6H2,1-3H3,(H,18,23)(H,20,21). The van der Waals surface area contributed by atoms with Crippen LogP contribution in [0.1, 0.15) is 36.8 Å². The summed E-state index contributed by atoms with van der Waals surface area (Å²) >= 11 is 3.16. The van der Waals surface area contributed by atoms with Crippen molar-refractivity contribution in [2.75, 3.05) is 6.54 Å². The zero-order valence-electron chi connectivity index (χ0n) is 12.8. The maximum Gasteiger partial charge on any atom is 0.322 e. The van der Waals surface area contributed by atoms with E-state index in [4.69, 9.17) is 5.11 Å². The molecule has 0 aliphatic heterocycles. The van der Waals surface area contributed by atoms with Gasteiger partial charge in [-0.05, 0) is 22.0 Å². The number of phenols is 1. The van der Waals surface area contributed by atoms with Crippen LogP contribution in [0.4, 0.5) is 0 Å². The molecule has 2 aromatic rings. The number of hydrogen-bond donors (Lipinski definition) is 3. The lowest BCUT2D eigenvalue weighted by Gasteiger charge is -2.18. The second-order valence-electron chi connectivity index (χ2n) is 6.03. The Bertz CT molecular complexity index is 799. The number of rotatable bonds is 3. The third-order valence-corrected chi connectivity index (χ3v) is 3.76. The quantitative estimate of drug-likeness (QED) is 0.751. The molecule has 1 aromatic heterocycles. The maximum atomic E-state index is 12.3. The molecule has 0 aliphatic rings. The predicted octanol–water partition coefficient (Wildman–Crippen LogP) is 2.21. The van der Waals surface area contributed by atoms with Gasteiger partial charge in [0.2, 0.25) is 0 Å². The number of carboxylic acids is 1. The van der Waals surface area contributed by atoms with Crippen molar-refractivity contribution in [3.05, 3.63) is 28.0 Å². The van der Waals surface area contributed by atoms with Crippen LogP contribution in [0.25, 0.3) is 11.0 Å². The Morgan fingerprint density at radius 2 is 2.00 bits per heavy atom. The Morgan fingerprint density at radius 1 is 1.35 bits per heavy atom. The summed E-state index contributed by atoms with van der Waals surface area (Å²) in [7, 11) is 0. The van der Waals surface area contributed by atoms with Crippen molar-refractivity contribution >= 4 is 38.8 Å². The van der Waals surface area contributed by atoms with E-state index < -0.39 is 18.4 Å². The van der Waals surface area contributed by atoms with Gasteiger partial charge in [0.1, 0.15) is 23.4 Å². The van der Waals surface area contributed by atoms with Crippen LogP contribution in [0.3, 0.4) is 0 Å². The smallest absolute Gasteiger partial charge is 0.322 e. The highest BCUT2D eigenvalue weighted by molar-refractivity contribution is 9.10. The van der Waals surface area contributed by atoms with Gasteiger partial charge in [-0.25, -0.2) is 4.98 Å². The monoisotopic (exact) mass is 381 g/mol. The lowest BCUT2D eigenvalue weighted by atomic mass is 9.92. The molecule has 0 radical (unpaired) electrons. The average molecular weight is 382 g/mol. The molecule has 0 saturated heterocycles. The molecule has 0 bridgehead atoms. The fourth-order valence-corrected chi connectivity index (χ4v) is 2.34. The Balaban J connectivity index is 2.66. The molecule has 1 amide bonds. The summed E-state index contributed by atoms with van der Waals surface area (Å²) in [5.41, 5.74) is 0.899. The number of nitrogens with one attached hydrogen (secondary N) is 1. The van der Waals surface area contributed by atoms with E-state index >= 15 is 0 Å². The molecular formula is C15H16BrN3O4. The summed E-state index contributed by atoms with van der Waals surface area (Å²) in [5.74, 6) is -2.21. The van der Waals surface area contributed by atoms with Gasteiger partial charge >= 0.3 is 5.97 Å². The lowest BCUT2D eigenvalue weighted by molar-refractivity contribution is -0.135. The Morgan fingerprint density at radius 3 is 2.57 bits per heavy atom. The van der Waals surface area contributed by atoms with E-state index in [0.29, 0.717) is 11.2 Å². The van der Waals surface area contributed by atoms with Crippen LogP contribution in [0.5, 0.6) is 5.75 Å². The van der Waals surface area contributed by atoms with E-state index in [-0.39, 0.29) is 26.7 Å². The number of carboxylic acid groups (broad SMARTS) is 1. The number of carbonyl (C=O) groups is 2. The van der Waals surface area contributed by atoms with Crippen LogP contribution in [-0.2, 0) is 10.2 Å². The number of phenolic OH excluding ortho intramolecular Hbond substituents is 1. The lowest BCUT2D eigenvalue weighted by Crippen LogP contribution is -2.29. The van der Waals surface area contributed by atoms with Gasteiger partial charge in [-0.2, -0.15) is 0 Å². The Labute approximate surface area is 140 Å². The molecular weight excluding hydrogens is 366 g/mol. The molecule has 0 atom stereocenters. The molecule has 0 aliphatic carbocycles. The van der Waals surface area contributed by atoms with E-state index in [1.54, 1.807) is 12.3 Å². The molecule has 1 heterocycles. The Kier molecular flexibility index (Phi) is 4.56. The fraction of sp³-hybridized carbons (Fsp3) is 0.333. The van der Waals surface area contributed by atoms with Crippen LogP contribution in [0.2, 0.25) is 0 Å². The van der Waals surface area contributed by atoms with Crippen LogP contribution in [-0.4, -0.2) is 38.6 Å². The summed E-state index contributed by atoms with van der Waals surface area (Å²) in [6.45, 7) is 5.29. The van der Waals surface area contributed by atoms with Gasteiger partial charge in [0.25, 0.3) is 5.91 Å². The number of carbonyl (C=O) groups excluding carboxylic acids is 1. The molecule has 0 unspecified atom stereocenters. The normalized spacial score (nSPS) is 11.5. The van der Waals surface area contributed by atoms with Crippen LogP contribution in [0.15, 0.2) is 16.7 Å². The third-order valence-electron chi connectivity index (χ3n) is 3.16. The molecule has 0 fully saturated rings. The number of aromatic hydroxyl groups is 1. The van der Waals surface area contributed by atoms with Crippen molar-refractivity contribution < 1.29 is 19.8 Å². The SMILES string of the molecule is CC(C)(C)c1cnc2cc(Br)c(O)c(C(=O)NCC(=O)O)c2n1. The first-order chi connectivity index (χ1) is 10.6. The number of benzene rings is 1. The fourth-order valence-electron chi connectivity index (χ4n) is 1.93. The molecule has 2 rings (SSSR count). The van der Waals surface area contributed by atoms with Crippen LogP contribution in [0, 0.1) is 0 Å². The highest BCUT2D eigenvalue weighted by Gasteiger charge is 2.23. The molecule has 8 heteroatoms. The van der Waals surface area contributed by atoms with E-state index in [9.17, 15) is 14.7 Å². The zero-order valence-corrected chi connectivity index (χ0v) is 14.4. The van der Waals surface area contributed by atoms with Gasteiger partial charge in [-0.15, -0.1) is 0 Å². The molecule has 7 nitrogen and oxygen atoms in total. The zero-order chi connectivity index (χ0) is 17.4. The topological polar surface area (TPSA) is 112 Å². The van der Waals surface area contributed by atoms with Gasteiger partial charge in [0.05, 0.1) is 15.7 Å². The number of fused-ring (bicyclic) bond motifs is 1. The number of hydrogen-bond acceptors (Lipinski definition) is 5. The van der Waals surface area contributed by atoms with Gasteiger partial charge in [-0.1, -0.05) is 20.8 Å². The molecule has 3 N–H and O–H groups in total. The van der Waals surface area contributed by atoms with E-state index in [1.807, 2.05) is 20.8 Å². The summed E-state index contributed by atoms with van der Waals surface area (Å²) in [5, 5.41) is 21.1. The molecule has 1 aromatic carbocycles. The number of aromatic nitrogens is 2. The average Bonchev–Trinajstić information content (AvgIpc) is 2.44. The summed E-state index contributed by atoms with van der Waals surface area (Å²) in [6, 6.07) is 1.55. The maximum absolute atomic E-state index is 12.3. The van der Waals surface area contributed by atoms with Gasteiger partial charge in [-0.3, -0.25) is 14.6 Å². The molecule has 122 valence electrons. The van der Waals surface area contributed by atoms with Crippen molar-refractivity contribution in [3.63, 3.8) is 0 Å². The van der Waals surface area contributed by atoms with Crippen molar-refractivity contribution in [1.82, 2.24) is 15.3 Å². The summed E-state index contributed by atoms with van der Waals surface area (Å²) in [4.78, 5) is 31.6. The number of amides is 1. The molecule has 0 spiro atoms. The van der Waals surface area contributed by atoms with Crippen molar-refractivity contribution in [2.24, 2.45) is 0 Å². The van der Waals surface area contributed by atoms with Crippen LogP contribution >= 0.6 is 15.9 Å². The minimum Gasteiger partial charge on any atom is -0.506 e. The summed E-state index contributed by atoms with van der Waals surface area (Å²) < 4.78 is 0.281. The van der Waals surface area contributed by atoms with E-state index in [2.05, 4.69) is 31.2 Å². The van der Waals surface area contributed by atoms with Crippen molar-refractivity contribution in [1.29, 1.82) is 0 Å². The summed E-state index contributed by atoms with van der Waals surface area (Å²) in [6.07, 6.45) is 1.62. The first-order valence-corrected chi connectivity index (χ1v) is 7.59. The second-order valence-corrected chi connectivity index (χ2v) is 6.89. The van der Waals surface area contributed by atoms with Gasteiger partial charge in [0, 0.05) is 11.6 Å². The van der Waals surface area contributed by atoms with Crippen molar-refractivity contribution in [2.45, 2.75) is 26.2 Å². The van der Waals surface area contributed by atoms with E-state index in [1.165, 1.54) is 0 Å². The highest BCUT2D eigenvalue weighted by Crippen LogP contribution is 2.34. The second kappa shape index (κ2) is 6.11. The highest BCUT2D eigenvalue weighted by atomic mass is 79.9. The van der Waals surface area contributed by atoms with E-state index in [0.717, 1.165) is 0 Å². The first kappa shape index (κ1) is 17.1. The van der Waals surface area contributed by atoms with Gasteiger partial charge < -0.3 is 15.5 Å². The van der Waals surface area contributed by atoms with Crippen molar-refractivity contribution in [3.8, 4) is 5.75 Å². The largest absolute Gasteiger partial charge is 0.506 e. The Hall–Kier alpha value is -2.22. The van der Waals surface area contributed by atoms with Gasteiger partial charge in [0.15, 0.2) is 0 Å². The molecule has 0 saturated carbocycles. The minimum atomic E-state index is -1.18. The third kappa shape index (κ3) is 3.58. The predicted molar refractivity (Wildman–Crippen MR) is 87.6 cm³/mol. The number of halogens is 1. The van der Waals surface area contributed by atoms with Crippen LogP contribution < -0.4 is 5.32 Å². The minimum absolute atomic E-state index is 0.103. The molecule has 23 heavy (non-hydrogen) atoms. The first-order valence-electron chi connectivity index (χ1n) is 6.80. The number of nitrogens with zero attached hydrogens (tertiary/aromatic N) is 2.